The minimum atomic E-state index is -2.00. The van der Waals surface area contributed by atoms with Gasteiger partial charge >= 0.3 is 45.2 Å². The molecule has 0 aliphatic carbocycles. The van der Waals surface area contributed by atoms with Gasteiger partial charge in [-0.25, -0.2) is 0 Å². The first kappa shape index (κ1) is 16.8. The first-order chi connectivity index (χ1) is 1.41. The summed E-state index contributed by atoms with van der Waals surface area (Å²) in [6.45, 7) is 0. The summed E-state index contributed by atoms with van der Waals surface area (Å²) in [6.07, 6.45) is 0. The first-order valence-electron chi connectivity index (χ1n) is 0.408. The second-order valence-corrected chi connectivity index (χ2v) is 0.344. The molecule has 0 N–H and O–H groups in total. The fourth-order valence-electron chi connectivity index (χ4n) is 0. The molecular formula is O3TiZn. The van der Waals surface area contributed by atoms with E-state index in [-0.39, 0.29) is 25.0 Å². The van der Waals surface area contributed by atoms with Crippen LogP contribution in [0.4, 0.5) is 0 Å². The van der Waals surface area contributed by atoms with Gasteiger partial charge in [-0.05, 0) is 0 Å². The molecule has 0 saturated heterocycles. The third-order valence-electron chi connectivity index (χ3n) is 0. The molecular weight excluding hydrogens is 161 g/mol. The van der Waals surface area contributed by atoms with Crippen molar-refractivity contribution in [3.8, 4) is 0 Å². The van der Waals surface area contributed by atoms with E-state index in [1.54, 1.807) is 0 Å². The predicted molar refractivity (Wildman–Crippen MR) is 2.06 cm³/mol. The summed E-state index contributed by atoms with van der Waals surface area (Å²) in [5, 5.41) is 0. The third-order valence-corrected chi connectivity index (χ3v) is 0. The molecule has 0 unspecified atom stereocenters. The van der Waals surface area contributed by atoms with Crippen molar-refractivity contribution < 1.29 is 50.7 Å². The van der Waals surface area contributed by atoms with E-state index >= 15 is 0 Å². The van der Waals surface area contributed by atoms with Crippen molar-refractivity contribution in [2.24, 2.45) is 0 Å². The smallest absolute Gasteiger partial charge is 2.00 e. The van der Waals surface area contributed by atoms with E-state index in [0.29, 0.717) is 0 Å². The molecule has 0 heterocycles. The van der Waals surface area contributed by atoms with E-state index in [0.717, 1.165) is 0 Å². The second kappa shape index (κ2) is 20.7. The Morgan fingerprint density at radius 2 is 1.20 bits per heavy atom. The zero-order valence-electron chi connectivity index (χ0n) is 2.43. The summed E-state index contributed by atoms with van der Waals surface area (Å²) in [4.78, 5) is 0. The summed E-state index contributed by atoms with van der Waals surface area (Å²) in [5.74, 6) is 0. The average molecular weight is 161 g/mol. The van der Waals surface area contributed by atoms with Gasteiger partial charge < -0.3 is 5.48 Å². The van der Waals surface area contributed by atoms with Crippen LogP contribution in [-0.2, 0) is 50.7 Å². The van der Waals surface area contributed by atoms with Gasteiger partial charge in [0.2, 0.25) is 0 Å². The van der Waals surface area contributed by atoms with Crippen LogP contribution in [0.2, 0.25) is 0 Å². The topological polar surface area (TPSA) is 62.6 Å². The fourth-order valence-corrected chi connectivity index (χ4v) is 0. The number of hydrogen-bond acceptors (Lipinski definition) is 2. The van der Waals surface area contributed by atoms with Crippen LogP contribution in [0.1, 0.15) is 0 Å². The largest absolute Gasteiger partial charge is 2.00 e. The van der Waals surface area contributed by atoms with Gasteiger partial charge in [0.05, 0.1) is 0 Å². The van der Waals surface area contributed by atoms with Crippen LogP contribution >= 0.6 is 0 Å². The molecule has 0 amide bonds. The van der Waals surface area contributed by atoms with E-state index in [2.05, 4.69) is 0 Å². The Morgan fingerprint density at radius 3 is 1.20 bits per heavy atom. The molecule has 0 aliphatic rings. The van der Waals surface area contributed by atoms with Gasteiger partial charge in [-0.2, -0.15) is 0 Å². The van der Waals surface area contributed by atoms with Crippen molar-refractivity contribution in [1.82, 2.24) is 0 Å². The zero-order valence-corrected chi connectivity index (χ0v) is 6.96. The second-order valence-electron chi connectivity index (χ2n) is 0.0833. The Labute approximate surface area is 50.8 Å². The van der Waals surface area contributed by atoms with Crippen molar-refractivity contribution in [1.29, 1.82) is 0 Å². The van der Waals surface area contributed by atoms with Crippen LogP contribution < -0.4 is 0 Å². The van der Waals surface area contributed by atoms with Crippen LogP contribution in [-0.4, -0.2) is 0 Å². The summed E-state index contributed by atoms with van der Waals surface area (Å²) < 4.78 is 17.0. The maximum atomic E-state index is 8.50. The van der Waals surface area contributed by atoms with Crippen molar-refractivity contribution in [2.45, 2.75) is 0 Å². The van der Waals surface area contributed by atoms with Gasteiger partial charge in [0, 0.05) is 0 Å². The van der Waals surface area contributed by atoms with Gasteiger partial charge in [0.15, 0.2) is 0 Å². The van der Waals surface area contributed by atoms with Gasteiger partial charge in [0.25, 0.3) is 0 Å². The van der Waals surface area contributed by atoms with Crippen LogP contribution in [0.25, 0.3) is 0 Å². The van der Waals surface area contributed by atoms with Gasteiger partial charge in [-0.15, -0.1) is 0 Å². The molecule has 5 heteroatoms. The number of rotatable bonds is 0. The van der Waals surface area contributed by atoms with Crippen LogP contribution in [0.15, 0.2) is 0 Å². The van der Waals surface area contributed by atoms with Crippen LogP contribution in [0.5, 0.6) is 0 Å². The monoisotopic (exact) mass is 160 g/mol. The molecule has 0 saturated carbocycles. The van der Waals surface area contributed by atoms with E-state index < -0.39 is 19.1 Å². The molecule has 3 nitrogen and oxygen atoms in total. The molecule has 0 atom stereocenters. The van der Waals surface area contributed by atoms with E-state index in [1.807, 2.05) is 0 Å². The maximum Gasteiger partial charge on any atom is 2.00 e. The van der Waals surface area contributed by atoms with Gasteiger partial charge in [-0.1, -0.05) is 0 Å². The molecule has 0 fully saturated rings. The normalized spacial score (nSPS) is 1.60. The molecule has 0 spiro atoms. The summed E-state index contributed by atoms with van der Waals surface area (Å²) >= 11 is -2.00. The van der Waals surface area contributed by atoms with Crippen LogP contribution in [0, 0.1) is 0 Å². The first-order valence-corrected chi connectivity index (χ1v) is 1.68. The van der Waals surface area contributed by atoms with E-state index in [1.165, 1.54) is 0 Å². The molecule has 0 aliphatic heterocycles. The molecule has 0 bridgehead atoms. The molecule has 0 radical (unpaired) electrons. The minimum Gasteiger partial charge on any atom is 2.00 e. The number of hydrogen-bond donors (Lipinski definition) is 0. The predicted octanol–water partition coefficient (Wildman–Crippen LogP) is -0.361. The van der Waals surface area contributed by atoms with Crippen molar-refractivity contribution in [2.75, 3.05) is 0 Å². The summed E-state index contributed by atoms with van der Waals surface area (Å²) in [7, 11) is 0. The Morgan fingerprint density at radius 1 is 1.20 bits per heavy atom. The SMILES string of the molecule is [O-2].[O]=[Ti]=[O].[Zn+2]. The molecule has 24 valence electrons. The average Bonchev–Trinajstić information content (AvgIpc) is 0.918. The molecule has 5 heavy (non-hydrogen) atoms. The van der Waals surface area contributed by atoms with Crippen molar-refractivity contribution in [3.05, 3.63) is 0 Å². The quantitative estimate of drug-likeness (QED) is 0.455. The Hall–Kier alpha value is 0.898. The zero-order chi connectivity index (χ0) is 2.71. The maximum absolute atomic E-state index is 8.50. The molecule has 0 aromatic heterocycles. The standard InChI is InChI=1S/3O.Ti.Zn/q;;-2;;+2. The fraction of sp³-hybridized carbons (Fsp3) is 0. The van der Waals surface area contributed by atoms with Gasteiger partial charge in [-0.3, -0.25) is 0 Å². The van der Waals surface area contributed by atoms with Crippen molar-refractivity contribution >= 4 is 0 Å². The molecule has 0 aromatic rings. The van der Waals surface area contributed by atoms with Gasteiger partial charge in [0.1, 0.15) is 0 Å². The Bertz CT molecular complexity index is 27.9. The molecule has 0 aromatic carbocycles. The van der Waals surface area contributed by atoms with E-state index in [4.69, 9.17) is 6.65 Å². The Kier molecular flexibility index (Phi) is 69.6. The summed E-state index contributed by atoms with van der Waals surface area (Å²) in [5.41, 5.74) is 0. The molecule has 0 rings (SSSR count). The third kappa shape index (κ3) is 51.0. The van der Waals surface area contributed by atoms with E-state index in [9.17, 15) is 0 Å². The summed E-state index contributed by atoms with van der Waals surface area (Å²) in [6, 6.07) is 0. The minimum absolute atomic E-state index is 0. The Balaban J connectivity index is -0.0000000200. The van der Waals surface area contributed by atoms with Crippen molar-refractivity contribution in [3.63, 3.8) is 0 Å². The van der Waals surface area contributed by atoms with Crippen LogP contribution in [0.3, 0.4) is 0 Å².